The van der Waals surface area contributed by atoms with Crippen LogP contribution in [-0.2, 0) is 4.79 Å². The van der Waals surface area contributed by atoms with Crippen molar-refractivity contribution in [2.75, 3.05) is 31.5 Å². The minimum Gasteiger partial charge on any atom is -0.478 e. The van der Waals surface area contributed by atoms with E-state index in [2.05, 4.69) is 45.1 Å². The highest BCUT2D eigenvalue weighted by Crippen LogP contribution is 2.35. The van der Waals surface area contributed by atoms with Crippen molar-refractivity contribution in [3.05, 3.63) is 77.0 Å². The molecule has 5 amide bonds. The predicted octanol–water partition coefficient (Wildman–Crippen LogP) is 4.18. The summed E-state index contributed by atoms with van der Waals surface area (Å²) in [6, 6.07) is 14.0. The lowest BCUT2D eigenvalue weighted by Crippen LogP contribution is -2.50. The first kappa shape index (κ1) is 27.6. The molecular formula is C28H33N5O6. The van der Waals surface area contributed by atoms with Crippen LogP contribution in [-0.4, -0.2) is 70.3 Å². The summed E-state index contributed by atoms with van der Waals surface area (Å²) in [5.41, 5.74) is 1.75. The molecule has 0 saturated carbocycles. The summed E-state index contributed by atoms with van der Waals surface area (Å²) < 4.78 is 0. The smallest absolute Gasteiger partial charge is 0.416 e. The number of carboxylic acid groups (broad SMARTS) is 2. The van der Waals surface area contributed by atoms with E-state index in [0.29, 0.717) is 23.0 Å². The number of piperidine rings is 1. The molecule has 2 aromatic carbocycles. The lowest BCUT2D eigenvalue weighted by Gasteiger charge is -2.34. The second-order valence-electron chi connectivity index (χ2n) is 9.72. The number of hydrogen-bond acceptors (Lipinski definition) is 5. The topological polar surface area (TPSA) is 151 Å². The van der Waals surface area contributed by atoms with E-state index in [1.165, 1.54) is 24.6 Å². The third-order valence-electron chi connectivity index (χ3n) is 7.14. The number of anilines is 1. The second kappa shape index (κ2) is 12.4. The van der Waals surface area contributed by atoms with E-state index in [4.69, 9.17) is 0 Å². The largest absolute Gasteiger partial charge is 0.478 e. The molecule has 206 valence electrons. The normalized spacial score (nSPS) is 18.4. The summed E-state index contributed by atoms with van der Waals surface area (Å²) >= 11 is 0. The van der Waals surface area contributed by atoms with Gasteiger partial charge in [-0.05, 0) is 75.0 Å². The maximum atomic E-state index is 12.5. The molecular weight excluding hydrogens is 502 g/mol. The van der Waals surface area contributed by atoms with Gasteiger partial charge in [-0.25, -0.2) is 24.1 Å². The van der Waals surface area contributed by atoms with Crippen LogP contribution in [0.4, 0.5) is 20.1 Å². The van der Waals surface area contributed by atoms with E-state index < -0.39 is 30.2 Å². The van der Waals surface area contributed by atoms with Gasteiger partial charge in [0.05, 0.1) is 5.57 Å². The van der Waals surface area contributed by atoms with Gasteiger partial charge in [-0.3, -0.25) is 0 Å². The van der Waals surface area contributed by atoms with Crippen molar-refractivity contribution in [1.82, 2.24) is 20.4 Å². The molecule has 2 heterocycles. The number of benzene rings is 2. The molecule has 39 heavy (non-hydrogen) atoms. The number of carboxylic acids is 1. The molecule has 11 heteroatoms. The summed E-state index contributed by atoms with van der Waals surface area (Å²) in [6.07, 6.45) is 1.44. The van der Waals surface area contributed by atoms with Crippen LogP contribution in [0.25, 0.3) is 0 Å². The number of aliphatic carboxylic acids is 1. The number of allylic oxidation sites excluding steroid dienone is 1. The molecule has 11 nitrogen and oxygen atoms in total. The Bertz CT molecular complexity index is 1260. The zero-order valence-corrected chi connectivity index (χ0v) is 21.7. The van der Waals surface area contributed by atoms with Gasteiger partial charge in [-0.15, -0.1) is 0 Å². The summed E-state index contributed by atoms with van der Waals surface area (Å²) in [5, 5.41) is 27.1. The fourth-order valence-electron chi connectivity index (χ4n) is 5.21. The van der Waals surface area contributed by atoms with Crippen LogP contribution >= 0.6 is 0 Å². The number of carbonyl (C=O) groups excluding carboxylic acids is 2. The number of carbonyl (C=O) groups is 4. The van der Waals surface area contributed by atoms with Crippen molar-refractivity contribution in [3.63, 3.8) is 0 Å². The molecule has 1 fully saturated rings. The molecule has 5 N–H and O–H groups in total. The Hall–Kier alpha value is -4.38. The van der Waals surface area contributed by atoms with Crippen LogP contribution < -0.4 is 16.0 Å². The Labute approximate surface area is 226 Å². The molecule has 0 aliphatic carbocycles. The van der Waals surface area contributed by atoms with E-state index in [-0.39, 0.29) is 16.8 Å². The Morgan fingerprint density at radius 3 is 2.36 bits per heavy atom. The van der Waals surface area contributed by atoms with Gasteiger partial charge in [-0.1, -0.05) is 42.5 Å². The number of nitrogens with zero attached hydrogens (tertiary/aromatic N) is 2. The first-order chi connectivity index (χ1) is 18.7. The van der Waals surface area contributed by atoms with Gasteiger partial charge in [0.15, 0.2) is 0 Å². The zero-order chi connectivity index (χ0) is 27.9. The highest BCUT2D eigenvalue weighted by molar-refractivity contribution is 5.99. The molecule has 1 atom stereocenters. The fraction of sp³-hybridized carbons (Fsp3) is 0.357. The summed E-state index contributed by atoms with van der Waals surface area (Å²) in [4.78, 5) is 51.4. The van der Waals surface area contributed by atoms with Crippen molar-refractivity contribution in [3.8, 4) is 0 Å². The molecule has 0 spiro atoms. The second-order valence-corrected chi connectivity index (χ2v) is 9.72. The Morgan fingerprint density at radius 1 is 1.00 bits per heavy atom. The quantitative estimate of drug-likeness (QED) is 0.318. The predicted molar refractivity (Wildman–Crippen MR) is 144 cm³/mol. The van der Waals surface area contributed by atoms with E-state index in [0.717, 1.165) is 38.9 Å². The summed E-state index contributed by atoms with van der Waals surface area (Å²) in [5.74, 6) is -0.761. The van der Waals surface area contributed by atoms with Crippen LogP contribution in [0.5, 0.6) is 0 Å². The van der Waals surface area contributed by atoms with Crippen molar-refractivity contribution in [2.45, 2.75) is 38.1 Å². The van der Waals surface area contributed by atoms with E-state index in [1.54, 1.807) is 12.1 Å². The van der Waals surface area contributed by atoms with Gasteiger partial charge in [0.2, 0.25) is 0 Å². The van der Waals surface area contributed by atoms with E-state index >= 15 is 0 Å². The molecule has 2 aromatic rings. The SMILES string of the molecule is CC1=C(C(=O)O)C(c2cccc(NC(=O)NCCCN3CCC(c4ccccc4)CC3)c2)N(C(=O)O)C(=O)N1. The van der Waals surface area contributed by atoms with Crippen molar-refractivity contribution in [2.24, 2.45) is 0 Å². The minimum atomic E-state index is -1.59. The average Bonchev–Trinajstić information content (AvgIpc) is 2.91. The van der Waals surface area contributed by atoms with Crippen LogP contribution in [0.15, 0.2) is 65.9 Å². The Kier molecular flexibility index (Phi) is 8.82. The summed E-state index contributed by atoms with van der Waals surface area (Å²) in [6.45, 7) is 4.81. The molecule has 1 unspecified atom stereocenters. The lowest BCUT2D eigenvalue weighted by atomic mass is 9.89. The number of hydrogen-bond donors (Lipinski definition) is 5. The highest BCUT2D eigenvalue weighted by atomic mass is 16.4. The van der Waals surface area contributed by atoms with Gasteiger partial charge in [-0.2, -0.15) is 0 Å². The van der Waals surface area contributed by atoms with Crippen LogP contribution in [0.3, 0.4) is 0 Å². The minimum absolute atomic E-state index is 0.0513. The van der Waals surface area contributed by atoms with Gasteiger partial charge in [0, 0.05) is 17.9 Å². The van der Waals surface area contributed by atoms with Gasteiger partial charge >= 0.3 is 24.1 Å². The number of urea groups is 2. The fourth-order valence-corrected chi connectivity index (χ4v) is 5.21. The lowest BCUT2D eigenvalue weighted by molar-refractivity contribution is -0.133. The highest BCUT2D eigenvalue weighted by Gasteiger charge is 2.41. The van der Waals surface area contributed by atoms with E-state index in [1.807, 2.05) is 6.07 Å². The standard InChI is InChI=1S/C28H33N5O6/c1-18-23(25(34)35)24(33(28(38)39)27(37)30-18)21-9-5-10-22(17-21)31-26(36)29-13-6-14-32-15-11-20(12-16-32)19-7-3-2-4-8-19/h2-5,7-10,17,20,24H,6,11-16H2,1H3,(H,30,37)(H,34,35)(H,38,39)(H2,29,31,36). The molecule has 0 bridgehead atoms. The zero-order valence-electron chi connectivity index (χ0n) is 21.7. The monoisotopic (exact) mass is 535 g/mol. The molecule has 0 radical (unpaired) electrons. The van der Waals surface area contributed by atoms with Gasteiger partial charge < -0.3 is 31.1 Å². The number of amides is 5. The molecule has 0 aromatic heterocycles. The Balaban J connectivity index is 1.29. The van der Waals surface area contributed by atoms with Gasteiger partial charge in [0.1, 0.15) is 6.04 Å². The average molecular weight is 536 g/mol. The maximum absolute atomic E-state index is 12.5. The molecule has 4 rings (SSSR count). The Morgan fingerprint density at radius 2 is 1.69 bits per heavy atom. The van der Waals surface area contributed by atoms with Crippen molar-refractivity contribution < 1.29 is 29.4 Å². The summed E-state index contributed by atoms with van der Waals surface area (Å²) in [7, 11) is 0. The maximum Gasteiger partial charge on any atom is 0.416 e. The van der Waals surface area contributed by atoms with Gasteiger partial charge in [0.25, 0.3) is 0 Å². The number of rotatable bonds is 8. The van der Waals surface area contributed by atoms with Crippen molar-refractivity contribution in [1.29, 1.82) is 0 Å². The number of imide groups is 1. The first-order valence-corrected chi connectivity index (χ1v) is 12.9. The third kappa shape index (κ3) is 6.74. The van der Waals surface area contributed by atoms with Crippen LogP contribution in [0.2, 0.25) is 0 Å². The van der Waals surface area contributed by atoms with Crippen LogP contribution in [0, 0.1) is 0 Å². The first-order valence-electron chi connectivity index (χ1n) is 12.9. The van der Waals surface area contributed by atoms with E-state index in [9.17, 15) is 29.4 Å². The number of nitrogens with one attached hydrogen (secondary N) is 3. The third-order valence-corrected chi connectivity index (χ3v) is 7.14. The molecule has 1 saturated heterocycles. The molecule has 2 aliphatic heterocycles. The molecule has 2 aliphatic rings. The number of likely N-dealkylation sites (tertiary alicyclic amines) is 1. The van der Waals surface area contributed by atoms with Crippen LogP contribution in [0.1, 0.15) is 49.3 Å². The van der Waals surface area contributed by atoms with Crippen molar-refractivity contribution >= 4 is 29.8 Å².